The van der Waals surface area contributed by atoms with Crippen LogP contribution in [0.5, 0.6) is 5.88 Å². The first-order chi connectivity index (χ1) is 18.4. The summed E-state index contributed by atoms with van der Waals surface area (Å²) in [5, 5.41) is 4.54. The van der Waals surface area contributed by atoms with Crippen LogP contribution in [0.25, 0.3) is 0 Å². The van der Waals surface area contributed by atoms with E-state index in [9.17, 15) is 22.8 Å². The van der Waals surface area contributed by atoms with Gasteiger partial charge in [-0.15, -0.1) is 0 Å². The first-order valence-corrected chi connectivity index (χ1v) is 12.4. The Bertz CT molecular complexity index is 1260. The lowest BCUT2D eigenvalue weighted by molar-refractivity contribution is -0.149. The van der Waals surface area contributed by atoms with E-state index in [0.717, 1.165) is 6.92 Å². The van der Waals surface area contributed by atoms with Gasteiger partial charge >= 0.3 is 12.2 Å². The standard InChI is InChI=1S/C24H28F3N7O5/c1-13(24(25,26)27)29-20(35)16-4-5-17-19(30-16)34(14-7-9-33(17)10-14)22(36)32-21-28-8-6-18(31-21)37-11-15-12-38-23(2,3)39-15/h4-6,8,13-15H,7,9-12H2,1-3H3,(H,29,35)(H,28,31,32,36)/t13?,14-,15-/m0/s1. The van der Waals surface area contributed by atoms with Gasteiger partial charge in [-0.05, 0) is 39.3 Å². The van der Waals surface area contributed by atoms with Gasteiger partial charge in [0.05, 0.1) is 18.3 Å². The van der Waals surface area contributed by atoms with Gasteiger partial charge in [0.1, 0.15) is 24.4 Å². The van der Waals surface area contributed by atoms with Gasteiger partial charge in [0.15, 0.2) is 11.6 Å². The number of carbonyl (C=O) groups is 2. The van der Waals surface area contributed by atoms with Gasteiger partial charge in [0, 0.05) is 25.4 Å². The molecule has 2 fully saturated rings. The van der Waals surface area contributed by atoms with Gasteiger partial charge in [0.2, 0.25) is 11.8 Å². The highest BCUT2D eigenvalue weighted by molar-refractivity contribution is 6.04. The van der Waals surface area contributed by atoms with Crippen molar-refractivity contribution >= 4 is 29.4 Å². The number of hydrogen-bond donors (Lipinski definition) is 2. The van der Waals surface area contributed by atoms with Crippen LogP contribution in [-0.4, -0.2) is 83.3 Å². The van der Waals surface area contributed by atoms with Gasteiger partial charge in [-0.25, -0.2) is 14.8 Å². The number of anilines is 3. The van der Waals surface area contributed by atoms with Crippen LogP contribution >= 0.6 is 0 Å². The Balaban J connectivity index is 1.31. The van der Waals surface area contributed by atoms with Crippen molar-refractivity contribution in [3.63, 3.8) is 0 Å². The molecular weight excluding hydrogens is 523 g/mol. The highest BCUT2D eigenvalue weighted by Gasteiger charge is 2.42. The largest absolute Gasteiger partial charge is 0.475 e. The van der Waals surface area contributed by atoms with Crippen molar-refractivity contribution in [3.8, 4) is 5.88 Å². The fraction of sp³-hybridized carbons (Fsp3) is 0.542. The van der Waals surface area contributed by atoms with Crippen LogP contribution < -0.4 is 25.2 Å². The summed E-state index contributed by atoms with van der Waals surface area (Å²) in [4.78, 5) is 41.9. The molecule has 3 aliphatic rings. The molecule has 0 spiro atoms. The van der Waals surface area contributed by atoms with E-state index in [2.05, 4.69) is 20.3 Å². The number of rotatable bonds is 6. The summed E-state index contributed by atoms with van der Waals surface area (Å²) >= 11 is 0. The fourth-order valence-electron chi connectivity index (χ4n) is 4.61. The Morgan fingerprint density at radius 1 is 1.26 bits per heavy atom. The van der Waals surface area contributed by atoms with E-state index in [0.29, 0.717) is 31.8 Å². The van der Waals surface area contributed by atoms with E-state index in [4.69, 9.17) is 14.2 Å². The first kappa shape index (κ1) is 26.9. The molecule has 0 aliphatic carbocycles. The molecule has 2 aromatic heterocycles. The van der Waals surface area contributed by atoms with Gasteiger partial charge in [0.25, 0.3) is 5.91 Å². The number of pyridine rings is 1. The fourth-order valence-corrected chi connectivity index (χ4v) is 4.61. The molecule has 12 nitrogen and oxygen atoms in total. The molecule has 5 rings (SSSR count). The van der Waals surface area contributed by atoms with Gasteiger partial charge < -0.3 is 24.4 Å². The van der Waals surface area contributed by atoms with Crippen LogP contribution in [0.3, 0.4) is 0 Å². The summed E-state index contributed by atoms with van der Waals surface area (Å²) in [5.74, 6) is -1.32. The Kier molecular flexibility index (Phi) is 6.97. The van der Waals surface area contributed by atoms with Crippen molar-refractivity contribution in [1.82, 2.24) is 20.3 Å². The Hall–Kier alpha value is -3.72. The van der Waals surface area contributed by atoms with Crippen LogP contribution in [0.1, 0.15) is 37.7 Å². The number of nitrogens with one attached hydrogen (secondary N) is 2. The molecule has 3 amide bonds. The highest BCUT2D eigenvalue weighted by atomic mass is 19.4. The van der Waals surface area contributed by atoms with Crippen LogP contribution in [0.4, 0.5) is 35.4 Å². The third-order valence-electron chi connectivity index (χ3n) is 6.58. The smallest absolute Gasteiger partial charge is 0.408 e. The SMILES string of the molecule is CC(NC(=O)c1ccc2c(n1)N(C(=O)Nc1nccc(OC[C@H]3COC(C)(C)O3)n1)[C@H]1CCN2C1)C(F)(F)F. The minimum absolute atomic E-state index is 0.0173. The summed E-state index contributed by atoms with van der Waals surface area (Å²) in [5.41, 5.74) is 0.358. The molecule has 2 aromatic rings. The molecule has 2 saturated heterocycles. The van der Waals surface area contributed by atoms with Gasteiger partial charge in [-0.1, -0.05) is 0 Å². The summed E-state index contributed by atoms with van der Waals surface area (Å²) in [7, 11) is 0. The van der Waals surface area contributed by atoms with Crippen LogP contribution in [-0.2, 0) is 9.47 Å². The third-order valence-corrected chi connectivity index (χ3v) is 6.58. The van der Waals surface area contributed by atoms with E-state index in [1.54, 1.807) is 19.9 Å². The second kappa shape index (κ2) is 10.1. The number of halogens is 3. The summed E-state index contributed by atoms with van der Waals surface area (Å²) in [6.07, 6.45) is -2.81. The predicted octanol–water partition coefficient (Wildman–Crippen LogP) is 2.71. The number of nitrogens with zero attached hydrogens (tertiary/aromatic N) is 5. The molecule has 3 aliphatic heterocycles. The molecule has 2 N–H and O–H groups in total. The zero-order valence-electron chi connectivity index (χ0n) is 21.5. The number of urea groups is 1. The molecule has 0 saturated carbocycles. The summed E-state index contributed by atoms with van der Waals surface area (Å²) in [6.45, 7) is 6.21. The van der Waals surface area contributed by atoms with Crippen molar-refractivity contribution in [3.05, 3.63) is 30.1 Å². The molecule has 1 unspecified atom stereocenters. The molecular formula is C24H28F3N7O5. The molecule has 3 atom stereocenters. The molecule has 210 valence electrons. The van der Waals surface area contributed by atoms with E-state index in [-0.39, 0.29) is 42.1 Å². The van der Waals surface area contributed by atoms with E-state index in [1.807, 2.05) is 10.2 Å². The molecule has 15 heteroatoms. The lowest BCUT2D eigenvalue weighted by Gasteiger charge is -2.35. The summed E-state index contributed by atoms with van der Waals surface area (Å²) < 4.78 is 55.7. The maximum Gasteiger partial charge on any atom is 0.408 e. The number of hydrogen-bond acceptors (Lipinski definition) is 9. The minimum atomic E-state index is -4.60. The normalized spacial score (nSPS) is 22.3. The topological polar surface area (TPSA) is 131 Å². The molecule has 0 radical (unpaired) electrons. The number of amides is 3. The van der Waals surface area contributed by atoms with E-state index < -0.39 is 29.9 Å². The van der Waals surface area contributed by atoms with Crippen molar-refractivity contribution in [2.24, 2.45) is 0 Å². The first-order valence-electron chi connectivity index (χ1n) is 12.4. The van der Waals surface area contributed by atoms with Crippen LogP contribution in [0, 0.1) is 0 Å². The number of ether oxygens (including phenoxy) is 3. The van der Waals surface area contributed by atoms with Gasteiger partial charge in [-0.3, -0.25) is 15.0 Å². The van der Waals surface area contributed by atoms with E-state index in [1.165, 1.54) is 23.2 Å². The number of aromatic nitrogens is 3. The number of carbonyl (C=O) groups excluding carboxylic acids is 2. The average molecular weight is 552 g/mol. The van der Waals surface area contributed by atoms with Crippen molar-refractivity contribution in [1.29, 1.82) is 0 Å². The lowest BCUT2D eigenvalue weighted by atomic mass is 10.1. The Morgan fingerprint density at radius 2 is 2.05 bits per heavy atom. The Labute approximate surface area is 221 Å². The second-order valence-corrected chi connectivity index (χ2v) is 9.94. The van der Waals surface area contributed by atoms with Crippen LogP contribution in [0.15, 0.2) is 24.4 Å². The zero-order chi connectivity index (χ0) is 27.9. The predicted molar refractivity (Wildman–Crippen MR) is 132 cm³/mol. The maximum absolute atomic E-state index is 13.4. The molecule has 5 heterocycles. The third kappa shape index (κ3) is 5.83. The zero-order valence-corrected chi connectivity index (χ0v) is 21.5. The van der Waals surface area contributed by atoms with Crippen molar-refractivity contribution in [2.45, 2.75) is 57.3 Å². The summed E-state index contributed by atoms with van der Waals surface area (Å²) in [6, 6.07) is 1.54. The van der Waals surface area contributed by atoms with Gasteiger partial charge in [-0.2, -0.15) is 18.2 Å². The monoisotopic (exact) mass is 551 g/mol. The van der Waals surface area contributed by atoms with Crippen molar-refractivity contribution in [2.75, 3.05) is 41.4 Å². The minimum Gasteiger partial charge on any atom is -0.475 e. The molecule has 2 bridgehead atoms. The maximum atomic E-state index is 13.4. The lowest BCUT2D eigenvalue weighted by Crippen LogP contribution is -2.49. The highest BCUT2D eigenvalue weighted by Crippen LogP contribution is 2.39. The van der Waals surface area contributed by atoms with E-state index >= 15 is 0 Å². The van der Waals surface area contributed by atoms with Crippen molar-refractivity contribution < 1.29 is 37.0 Å². The Morgan fingerprint density at radius 3 is 2.77 bits per heavy atom. The number of alkyl halides is 3. The van der Waals surface area contributed by atoms with Crippen LogP contribution in [0.2, 0.25) is 0 Å². The second-order valence-electron chi connectivity index (χ2n) is 9.94. The average Bonchev–Trinajstić information content (AvgIpc) is 3.45. The number of fused-ring (bicyclic) bond motifs is 4. The molecule has 0 aromatic carbocycles. The molecule has 39 heavy (non-hydrogen) atoms. The quantitative estimate of drug-likeness (QED) is 0.556.